The lowest BCUT2D eigenvalue weighted by atomic mass is 9.71. The van der Waals surface area contributed by atoms with E-state index in [1.807, 2.05) is 13.8 Å². The topological polar surface area (TPSA) is 82.1 Å². The van der Waals surface area contributed by atoms with Gasteiger partial charge < -0.3 is 14.2 Å². The number of benzene rings is 3. The SMILES string of the molecule is CC(Oc1ccc([S+](c2ccc(C(C)(C)C)cc2)c2ccc(C3(C(C)(C)C)COC(C)(C)CO3)cc2)cc1)C(F)(F)S(=O)(=O)O. The van der Waals surface area contributed by atoms with Gasteiger partial charge in [-0.3, -0.25) is 4.55 Å². The van der Waals surface area contributed by atoms with Gasteiger partial charge in [-0.1, -0.05) is 65.8 Å². The van der Waals surface area contributed by atoms with Crippen molar-refractivity contribution in [1.29, 1.82) is 0 Å². The minimum atomic E-state index is -5.63. The van der Waals surface area contributed by atoms with Gasteiger partial charge in [0.05, 0.1) is 29.7 Å². The molecule has 0 bridgehead atoms. The molecule has 1 saturated heterocycles. The molecule has 1 heterocycles. The molecule has 1 aliphatic heterocycles. The lowest BCUT2D eigenvalue weighted by Crippen LogP contribution is -2.55. The number of halogens is 2. The van der Waals surface area contributed by atoms with E-state index in [1.54, 1.807) is 12.1 Å². The Morgan fingerprint density at radius 2 is 1.27 bits per heavy atom. The molecule has 10 heteroatoms. The Morgan fingerprint density at radius 3 is 1.67 bits per heavy atom. The molecule has 3 unspecified atom stereocenters. The zero-order valence-electron chi connectivity index (χ0n) is 27.5. The molecular formula is C35H45F2O6S2+. The Kier molecular flexibility index (Phi) is 9.64. The highest BCUT2D eigenvalue weighted by Gasteiger charge is 2.52. The van der Waals surface area contributed by atoms with Gasteiger partial charge in [0.1, 0.15) is 11.4 Å². The molecule has 4 rings (SSSR count). The normalized spacial score (nSPS) is 20.8. The van der Waals surface area contributed by atoms with Crippen molar-refractivity contribution in [3.8, 4) is 5.75 Å². The van der Waals surface area contributed by atoms with Crippen LogP contribution in [0.2, 0.25) is 0 Å². The molecule has 45 heavy (non-hydrogen) atoms. The molecule has 1 N–H and O–H groups in total. The summed E-state index contributed by atoms with van der Waals surface area (Å²) in [6.07, 6.45) is -2.10. The van der Waals surface area contributed by atoms with Crippen molar-refractivity contribution in [1.82, 2.24) is 0 Å². The third-order valence-corrected chi connectivity index (χ3v) is 11.5. The Balaban J connectivity index is 1.72. The Labute approximate surface area is 269 Å². The van der Waals surface area contributed by atoms with E-state index in [-0.39, 0.29) is 22.2 Å². The molecule has 3 atom stereocenters. The molecular weight excluding hydrogens is 619 g/mol. The lowest BCUT2D eigenvalue weighted by molar-refractivity contribution is -0.262. The zero-order chi connectivity index (χ0) is 33.6. The fraction of sp³-hybridized carbons (Fsp3) is 0.486. The first kappa shape index (κ1) is 35.4. The monoisotopic (exact) mass is 663 g/mol. The van der Waals surface area contributed by atoms with E-state index < -0.39 is 38.0 Å². The van der Waals surface area contributed by atoms with Crippen molar-refractivity contribution in [2.75, 3.05) is 13.2 Å². The van der Waals surface area contributed by atoms with Crippen LogP contribution in [0.25, 0.3) is 0 Å². The second-order valence-electron chi connectivity index (χ2n) is 14.3. The standard InChI is InChI=1S/C35H44F2O6S2/c1-24(35(36,37)45(38,39)40)43-27-14-20-30(21-15-27)44(28-16-10-25(11-17-28)31(2,3)4)29-18-12-26(13-19-29)34(32(5,6)7)23-41-33(8,9)22-42-34/h10-21,24H,22-23H2,1-9H3/p+1. The van der Waals surface area contributed by atoms with Gasteiger partial charge in [-0.05, 0) is 91.3 Å². The van der Waals surface area contributed by atoms with E-state index in [9.17, 15) is 17.2 Å². The van der Waals surface area contributed by atoms with E-state index in [0.717, 1.165) is 27.2 Å². The third-order valence-electron chi connectivity index (χ3n) is 8.25. The van der Waals surface area contributed by atoms with Crippen molar-refractivity contribution in [2.45, 2.75) is 105 Å². The van der Waals surface area contributed by atoms with Crippen LogP contribution in [0.5, 0.6) is 5.75 Å². The van der Waals surface area contributed by atoms with E-state index in [4.69, 9.17) is 18.8 Å². The summed E-state index contributed by atoms with van der Waals surface area (Å²) in [5, 5.41) is -4.46. The van der Waals surface area contributed by atoms with Crippen LogP contribution in [0.3, 0.4) is 0 Å². The van der Waals surface area contributed by atoms with E-state index in [0.29, 0.717) is 13.2 Å². The third kappa shape index (κ3) is 7.41. The molecule has 0 aromatic heterocycles. The summed E-state index contributed by atoms with van der Waals surface area (Å²) < 4.78 is 77.6. The Morgan fingerprint density at radius 1 is 0.800 bits per heavy atom. The smallest absolute Gasteiger partial charge is 0.405 e. The Bertz CT molecular complexity index is 1560. The number of hydrogen-bond donors (Lipinski definition) is 1. The highest BCUT2D eigenvalue weighted by Crippen LogP contribution is 2.47. The van der Waals surface area contributed by atoms with Crippen LogP contribution in [0.1, 0.15) is 73.4 Å². The first-order valence-electron chi connectivity index (χ1n) is 14.9. The van der Waals surface area contributed by atoms with E-state index >= 15 is 0 Å². The molecule has 0 saturated carbocycles. The summed E-state index contributed by atoms with van der Waals surface area (Å²) in [7, 11) is -6.21. The number of rotatable bonds is 8. The molecule has 3 aromatic carbocycles. The van der Waals surface area contributed by atoms with Gasteiger partial charge in [-0.2, -0.15) is 17.2 Å². The molecule has 0 aliphatic carbocycles. The molecule has 3 aromatic rings. The van der Waals surface area contributed by atoms with Gasteiger partial charge in [-0.15, -0.1) is 0 Å². The molecule has 0 amide bonds. The molecule has 1 fully saturated rings. The van der Waals surface area contributed by atoms with Crippen LogP contribution < -0.4 is 4.74 Å². The second-order valence-corrected chi connectivity index (χ2v) is 17.8. The molecule has 0 spiro atoms. The predicted octanol–water partition coefficient (Wildman–Crippen LogP) is 8.39. The average molecular weight is 664 g/mol. The maximum absolute atomic E-state index is 14.1. The van der Waals surface area contributed by atoms with Crippen LogP contribution in [0, 0.1) is 5.41 Å². The van der Waals surface area contributed by atoms with Crippen molar-refractivity contribution >= 4 is 21.0 Å². The summed E-state index contributed by atoms with van der Waals surface area (Å²) >= 11 is 0. The fourth-order valence-electron chi connectivity index (χ4n) is 5.21. The quantitative estimate of drug-likeness (QED) is 0.193. The second kappa shape index (κ2) is 12.3. The summed E-state index contributed by atoms with van der Waals surface area (Å²) in [6.45, 7) is 18.8. The van der Waals surface area contributed by atoms with Gasteiger partial charge in [0.15, 0.2) is 20.8 Å². The highest BCUT2D eigenvalue weighted by atomic mass is 32.2. The van der Waals surface area contributed by atoms with Gasteiger partial charge in [0, 0.05) is 0 Å². The summed E-state index contributed by atoms with van der Waals surface area (Å²) in [6, 6.07) is 23.6. The summed E-state index contributed by atoms with van der Waals surface area (Å²) in [5.74, 6) is 0.0565. The van der Waals surface area contributed by atoms with Gasteiger partial charge >= 0.3 is 15.4 Å². The zero-order valence-corrected chi connectivity index (χ0v) is 29.1. The molecule has 0 radical (unpaired) electrons. The maximum atomic E-state index is 14.1. The van der Waals surface area contributed by atoms with Gasteiger partial charge in [0.25, 0.3) is 0 Å². The fourth-order valence-corrected chi connectivity index (χ4v) is 7.72. The minimum Gasteiger partial charge on any atom is -0.483 e. The van der Waals surface area contributed by atoms with Crippen LogP contribution in [0.4, 0.5) is 8.78 Å². The summed E-state index contributed by atoms with van der Waals surface area (Å²) in [4.78, 5) is 3.03. The molecule has 246 valence electrons. The number of ether oxygens (including phenoxy) is 3. The van der Waals surface area contributed by atoms with Crippen LogP contribution in [-0.4, -0.2) is 43.1 Å². The number of hydrogen-bond acceptors (Lipinski definition) is 5. The first-order chi connectivity index (χ1) is 20.6. The van der Waals surface area contributed by atoms with Crippen molar-refractivity contribution in [2.24, 2.45) is 5.41 Å². The highest BCUT2D eigenvalue weighted by molar-refractivity contribution is 7.97. The largest absolute Gasteiger partial charge is 0.483 e. The molecule has 6 nitrogen and oxygen atoms in total. The molecule has 1 aliphatic rings. The van der Waals surface area contributed by atoms with E-state index in [1.165, 1.54) is 17.7 Å². The minimum absolute atomic E-state index is 0.0174. The first-order valence-corrected chi connectivity index (χ1v) is 17.6. The van der Waals surface area contributed by atoms with Crippen LogP contribution in [-0.2, 0) is 41.5 Å². The average Bonchev–Trinajstić information content (AvgIpc) is 2.93. The van der Waals surface area contributed by atoms with Gasteiger partial charge in [-0.25, -0.2) is 0 Å². The predicted molar refractivity (Wildman–Crippen MR) is 174 cm³/mol. The van der Waals surface area contributed by atoms with Crippen LogP contribution in [0.15, 0.2) is 87.5 Å². The van der Waals surface area contributed by atoms with Gasteiger partial charge in [0.2, 0.25) is 0 Å². The van der Waals surface area contributed by atoms with Crippen molar-refractivity contribution < 1.29 is 36.0 Å². The number of alkyl halides is 2. The van der Waals surface area contributed by atoms with Crippen molar-refractivity contribution in [3.63, 3.8) is 0 Å². The Hall–Kier alpha value is -2.50. The van der Waals surface area contributed by atoms with Crippen LogP contribution >= 0.6 is 0 Å². The summed E-state index contributed by atoms with van der Waals surface area (Å²) in [5.41, 5.74) is 0.973. The lowest BCUT2D eigenvalue weighted by Gasteiger charge is -2.50. The van der Waals surface area contributed by atoms with Crippen molar-refractivity contribution in [3.05, 3.63) is 83.9 Å². The van der Waals surface area contributed by atoms with E-state index in [2.05, 4.69) is 90.1 Å². The maximum Gasteiger partial charge on any atom is 0.405 e.